The Morgan fingerprint density at radius 1 is 0.930 bits per heavy atom. The number of benzene rings is 3. The molecule has 0 aromatic heterocycles. The van der Waals surface area contributed by atoms with Crippen molar-refractivity contribution in [2.45, 2.75) is 69.5 Å². The number of aliphatic hydroxyl groups is 1. The molecule has 0 saturated heterocycles. The number of unbranched alkanes of at least 4 members (excludes halogenated alkanes) is 4. The fourth-order valence-electron chi connectivity index (χ4n) is 4.75. The number of carbonyl (C=O) groups is 1. The van der Waals surface area contributed by atoms with Gasteiger partial charge in [-0.2, -0.15) is 0 Å². The second kappa shape index (κ2) is 17.7. The predicted molar refractivity (Wildman–Crippen MR) is 167 cm³/mol. The molecular weight excluding hydrogens is 568 g/mol. The SMILES string of the molecule is CC(=O)OCc1cc([C@@H](O)CNCCCCCCOCCCCc2cccc(-c3ccccc3S(N)(=O)=O)c2)ccc1O. The molecule has 234 valence electrons. The van der Waals surface area contributed by atoms with Crippen LogP contribution in [0, 0.1) is 0 Å². The fourth-order valence-corrected chi connectivity index (χ4v) is 5.52. The molecule has 1 atom stereocenters. The van der Waals surface area contributed by atoms with Gasteiger partial charge in [0.25, 0.3) is 0 Å². The lowest BCUT2D eigenvalue weighted by Gasteiger charge is -2.14. The summed E-state index contributed by atoms with van der Waals surface area (Å²) in [6.45, 7) is 3.92. The Kier molecular flexibility index (Phi) is 14.1. The number of aryl methyl sites for hydroxylation is 1. The molecular formula is C33H44N2O7S. The van der Waals surface area contributed by atoms with Gasteiger partial charge in [0.05, 0.1) is 11.0 Å². The minimum atomic E-state index is -3.80. The van der Waals surface area contributed by atoms with Crippen molar-refractivity contribution < 1.29 is 32.9 Å². The van der Waals surface area contributed by atoms with Crippen LogP contribution in [-0.4, -0.2) is 50.9 Å². The van der Waals surface area contributed by atoms with E-state index in [0.717, 1.165) is 69.2 Å². The number of primary sulfonamides is 1. The van der Waals surface area contributed by atoms with E-state index in [-0.39, 0.29) is 17.3 Å². The largest absolute Gasteiger partial charge is 0.508 e. The summed E-state index contributed by atoms with van der Waals surface area (Å²) in [7, 11) is -3.80. The Morgan fingerprint density at radius 3 is 2.44 bits per heavy atom. The summed E-state index contributed by atoms with van der Waals surface area (Å²) in [5.74, 6) is -0.397. The number of ether oxygens (including phenoxy) is 2. The van der Waals surface area contributed by atoms with Crippen molar-refractivity contribution in [2.24, 2.45) is 5.14 Å². The third kappa shape index (κ3) is 12.1. The van der Waals surface area contributed by atoms with Gasteiger partial charge in [0.15, 0.2) is 0 Å². The molecule has 9 nitrogen and oxygen atoms in total. The first kappa shape index (κ1) is 34.2. The van der Waals surface area contributed by atoms with Gasteiger partial charge in [0.1, 0.15) is 12.4 Å². The first-order valence-corrected chi connectivity index (χ1v) is 16.3. The van der Waals surface area contributed by atoms with E-state index in [9.17, 15) is 23.4 Å². The number of rotatable bonds is 19. The maximum atomic E-state index is 12.0. The van der Waals surface area contributed by atoms with Gasteiger partial charge in [-0.25, -0.2) is 13.6 Å². The zero-order valence-corrected chi connectivity index (χ0v) is 25.7. The van der Waals surface area contributed by atoms with Gasteiger partial charge >= 0.3 is 5.97 Å². The molecule has 5 N–H and O–H groups in total. The number of nitrogens with one attached hydrogen (secondary N) is 1. The number of nitrogens with two attached hydrogens (primary N) is 1. The van der Waals surface area contributed by atoms with E-state index in [2.05, 4.69) is 11.4 Å². The summed E-state index contributed by atoms with van der Waals surface area (Å²) in [6, 6.07) is 19.5. The van der Waals surface area contributed by atoms with Crippen LogP contribution >= 0.6 is 0 Å². The average molecular weight is 613 g/mol. The number of aliphatic hydroxyl groups excluding tert-OH is 1. The second-order valence-electron chi connectivity index (χ2n) is 10.6. The van der Waals surface area contributed by atoms with Gasteiger partial charge < -0.3 is 25.0 Å². The Balaban J connectivity index is 1.22. The molecule has 3 aromatic carbocycles. The molecule has 0 unspecified atom stereocenters. The smallest absolute Gasteiger partial charge is 0.302 e. The molecule has 43 heavy (non-hydrogen) atoms. The third-order valence-corrected chi connectivity index (χ3v) is 8.05. The summed E-state index contributed by atoms with van der Waals surface area (Å²) >= 11 is 0. The van der Waals surface area contributed by atoms with Crippen LogP contribution in [0.25, 0.3) is 11.1 Å². The van der Waals surface area contributed by atoms with Gasteiger partial charge in [-0.3, -0.25) is 4.79 Å². The van der Waals surface area contributed by atoms with Crippen LogP contribution in [0.5, 0.6) is 5.75 Å². The highest BCUT2D eigenvalue weighted by atomic mass is 32.2. The van der Waals surface area contributed by atoms with Crippen molar-refractivity contribution in [3.8, 4) is 16.9 Å². The van der Waals surface area contributed by atoms with Crippen molar-refractivity contribution in [2.75, 3.05) is 26.3 Å². The second-order valence-corrected chi connectivity index (χ2v) is 12.1. The maximum Gasteiger partial charge on any atom is 0.302 e. The average Bonchev–Trinajstić information content (AvgIpc) is 2.98. The molecule has 0 fully saturated rings. The molecule has 0 bridgehead atoms. The van der Waals surface area contributed by atoms with Gasteiger partial charge in [-0.05, 0) is 73.5 Å². The zero-order chi connectivity index (χ0) is 31.1. The van der Waals surface area contributed by atoms with E-state index >= 15 is 0 Å². The van der Waals surface area contributed by atoms with E-state index in [1.54, 1.807) is 24.3 Å². The van der Waals surface area contributed by atoms with E-state index in [1.807, 2.05) is 24.3 Å². The van der Waals surface area contributed by atoms with E-state index < -0.39 is 22.1 Å². The molecule has 0 spiro atoms. The lowest BCUT2D eigenvalue weighted by atomic mass is 10.0. The number of phenols is 1. The number of aromatic hydroxyl groups is 1. The van der Waals surface area contributed by atoms with Crippen LogP contribution in [0.15, 0.2) is 71.6 Å². The highest BCUT2D eigenvalue weighted by molar-refractivity contribution is 7.89. The molecule has 0 aliphatic carbocycles. The molecule has 0 aliphatic heterocycles. The number of phenolic OH excluding ortho intramolecular Hbond substituents is 1. The molecule has 3 aromatic rings. The number of hydrogen-bond donors (Lipinski definition) is 4. The summed E-state index contributed by atoms with van der Waals surface area (Å²) in [5.41, 5.74) is 3.73. The monoisotopic (exact) mass is 612 g/mol. The quantitative estimate of drug-likeness (QED) is 0.109. The number of esters is 1. The minimum Gasteiger partial charge on any atom is -0.508 e. The third-order valence-electron chi connectivity index (χ3n) is 7.08. The summed E-state index contributed by atoms with van der Waals surface area (Å²) in [4.78, 5) is 11.2. The van der Waals surface area contributed by atoms with E-state index in [4.69, 9.17) is 14.6 Å². The van der Waals surface area contributed by atoms with Crippen molar-refractivity contribution in [3.05, 3.63) is 83.4 Å². The highest BCUT2D eigenvalue weighted by Gasteiger charge is 2.15. The summed E-state index contributed by atoms with van der Waals surface area (Å²) in [6.07, 6.45) is 6.26. The Bertz CT molecular complexity index is 1410. The molecule has 0 amide bonds. The van der Waals surface area contributed by atoms with Crippen LogP contribution in [0.4, 0.5) is 0 Å². The van der Waals surface area contributed by atoms with E-state index in [1.165, 1.54) is 19.1 Å². The predicted octanol–water partition coefficient (Wildman–Crippen LogP) is 4.99. The lowest BCUT2D eigenvalue weighted by Crippen LogP contribution is -2.22. The lowest BCUT2D eigenvalue weighted by molar-refractivity contribution is -0.142. The standard InChI is InChI=1S/C33H44N2O7S/c1-25(36)42-24-29-22-28(16-17-31(29)37)32(38)23-35-18-7-2-3-8-19-41-20-9-6-11-26-12-10-13-27(21-26)30-14-4-5-15-33(30)43(34,39)40/h4-5,10,12-17,21-22,32,35,37-38H,2-3,6-9,11,18-20,23-24H2,1H3,(H2,34,39,40)/t32-/m0/s1. The Morgan fingerprint density at radius 2 is 1.67 bits per heavy atom. The summed E-state index contributed by atoms with van der Waals surface area (Å²) < 4.78 is 34.7. The Labute approximate surface area is 255 Å². The normalized spacial score (nSPS) is 12.3. The molecule has 0 radical (unpaired) electrons. The van der Waals surface area contributed by atoms with E-state index in [0.29, 0.717) is 29.8 Å². The number of hydrogen-bond acceptors (Lipinski definition) is 8. The fraction of sp³-hybridized carbons (Fsp3) is 0.424. The molecule has 10 heteroatoms. The van der Waals surface area contributed by atoms with Gasteiger partial charge in [-0.1, -0.05) is 61.4 Å². The van der Waals surface area contributed by atoms with Crippen molar-refractivity contribution in [1.82, 2.24) is 5.32 Å². The Hall–Kier alpha value is -3.28. The number of carbonyl (C=O) groups excluding carboxylic acids is 1. The highest BCUT2D eigenvalue weighted by Crippen LogP contribution is 2.27. The van der Waals surface area contributed by atoms with Crippen LogP contribution in [-0.2, 0) is 37.3 Å². The first-order chi connectivity index (χ1) is 20.6. The van der Waals surface area contributed by atoms with Gasteiger partial charge in [0, 0.05) is 37.8 Å². The van der Waals surface area contributed by atoms with Gasteiger partial charge in [-0.15, -0.1) is 0 Å². The van der Waals surface area contributed by atoms with Crippen LogP contribution < -0.4 is 10.5 Å². The molecule has 3 rings (SSSR count). The zero-order valence-electron chi connectivity index (χ0n) is 24.8. The topological polar surface area (TPSA) is 148 Å². The molecule has 0 heterocycles. The minimum absolute atomic E-state index is 0.0311. The first-order valence-electron chi connectivity index (χ1n) is 14.8. The van der Waals surface area contributed by atoms with Crippen LogP contribution in [0.1, 0.15) is 68.2 Å². The van der Waals surface area contributed by atoms with Gasteiger partial charge in [0.2, 0.25) is 10.0 Å². The van der Waals surface area contributed by atoms with Crippen molar-refractivity contribution in [3.63, 3.8) is 0 Å². The van der Waals surface area contributed by atoms with Crippen LogP contribution in [0.3, 0.4) is 0 Å². The molecule has 0 saturated carbocycles. The van der Waals surface area contributed by atoms with Crippen molar-refractivity contribution in [1.29, 1.82) is 0 Å². The number of sulfonamides is 1. The maximum absolute atomic E-state index is 12.0. The van der Waals surface area contributed by atoms with Crippen LogP contribution in [0.2, 0.25) is 0 Å². The summed E-state index contributed by atoms with van der Waals surface area (Å²) in [5, 5.41) is 29.0. The molecule has 0 aliphatic rings. The van der Waals surface area contributed by atoms with Crippen molar-refractivity contribution >= 4 is 16.0 Å².